The van der Waals surface area contributed by atoms with Crippen LogP contribution in [0.4, 0.5) is 0 Å². The van der Waals surface area contributed by atoms with E-state index in [4.69, 9.17) is 60.1 Å². The van der Waals surface area contributed by atoms with Crippen molar-refractivity contribution < 1.29 is 77.9 Å². The number of fused-ring (bicyclic) bond motifs is 2. The minimum atomic E-state index is -2.27. The van der Waals surface area contributed by atoms with E-state index >= 15 is 0 Å². The first-order valence-corrected chi connectivity index (χ1v) is 39.1. The van der Waals surface area contributed by atoms with Crippen LogP contribution in [0.25, 0.3) is 0 Å². The predicted octanol–water partition coefficient (Wildman–Crippen LogP) is -7.37. The molecule has 1 aromatic rings. The number of quaternary nitrogens is 1. The number of carbonyl (C=O) groups excluding carboxylic acids is 6. The van der Waals surface area contributed by atoms with Gasteiger partial charge >= 0.3 is 137 Å². The number of benzene rings is 1. The number of thioether (sulfide) groups is 2. The average Bonchev–Trinajstić information content (AvgIpc) is 4.17. The predicted molar refractivity (Wildman–Crippen MR) is 294 cm³/mol. The molecule has 23 nitrogen and oxygen atoms in total. The second kappa shape index (κ2) is 42.8. The molecule has 4 aliphatic heterocycles. The van der Waals surface area contributed by atoms with E-state index in [1.807, 2.05) is 41.7 Å². The van der Waals surface area contributed by atoms with Crippen molar-refractivity contribution in [2.75, 3.05) is 104 Å². The maximum atomic E-state index is 13.0. The molecule has 4 heterocycles. The molecule has 438 valence electrons. The fourth-order valence-electron chi connectivity index (χ4n) is 9.00. The second-order valence-corrected chi connectivity index (χ2v) is 36.9. The summed E-state index contributed by atoms with van der Waals surface area (Å²) in [6.45, 7) is 5.32. The molecule has 0 radical (unpaired) electrons. The third kappa shape index (κ3) is 31.3. The Kier molecular flexibility index (Phi) is 38.3. The molecule has 3 amide bonds. The molecule has 4 aliphatic rings. The van der Waals surface area contributed by atoms with Gasteiger partial charge in [0.2, 0.25) is 0 Å². The number of hydrogen-bond acceptors (Lipinski definition) is 19. The van der Waals surface area contributed by atoms with Gasteiger partial charge in [0.1, 0.15) is 30.7 Å². The van der Waals surface area contributed by atoms with Crippen LogP contribution in [0.15, 0.2) is 24.3 Å². The van der Waals surface area contributed by atoms with E-state index in [0.717, 1.165) is 92.9 Å². The third-order valence-corrected chi connectivity index (χ3v) is 21.8. The van der Waals surface area contributed by atoms with Crippen LogP contribution in [0.3, 0.4) is 0 Å². The van der Waals surface area contributed by atoms with Crippen LogP contribution in [-0.4, -0.2) is 206 Å². The van der Waals surface area contributed by atoms with E-state index in [0.29, 0.717) is 106 Å². The molecule has 0 spiro atoms. The van der Waals surface area contributed by atoms with Crippen molar-refractivity contribution in [1.29, 1.82) is 0 Å². The van der Waals surface area contributed by atoms with Crippen LogP contribution in [0.2, 0.25) is 14.8 Å². The van der Waals surface area contributed by atoms with Crippen LogP contribution < -0.4 is 71.8 Å². The summed E-state index contributed by atoms with van der Waals surface area (Å²) in [5.74, 6) is 3.41. The summed E-state index contributed by atoms with van der Waals surface area (Å²) >= 11 is 1.82. The molecule has 6 atom stereocenters. The van der Waals surface area contributed by atoms with Gasteiger partial charge < -0.3 is 54.7 Å². The SMILES string of the molecule is O=C[O-].O=C[O-].O=C[O-].[CH3][Sn]([CH3])([CH3])[c]1cccc(C(=O)NCCOCCOCC[NH+](CC(=O)NCCCCOCCCCC[C@@H]2SC[C@@H]3NC(N)=[NH+][C@@H]32)CC(=O)NCCCCOCCCCC[C@@H]2SC[C@@H]3NC(N)=[NH+][C@@H]32)c1. The molecule has 0 aliphatic carbocycles. The van der Waals surface area contributed by atoms with Crippen molar-refractivity contribution in [1.82, 2.24) is 26.6 Å². The molecular formula is C51H90N10O13S2Sn. The van der Waals surface area contributed by atoms with Gasteiger partial charge in [-0.2, -0.15) is 23.5 Å². The first-order valence-electron chi connectivity index (χ1n) is 27.0. The van der Waals surface area contributed by atoms with Crippen molar-refractivity contribution in [2.45, 2.75) is 127 Å². The first kappa shape index (κ1) is 69.0. The van der Waals surface area contributed by atoms with Crippen LogP contribution in [-0.2, 0) is 42.9 Å². The Balaban J connectivity index is 0.00000210. The maximum absolute atomic E-state index is 13.0. The van der Waals surface area contributed by atoms with Gasteiger partial charge in [0.25, 0.3) is 11.8 Å². The molecule has 0 bridgehead atoms. The Morgan fingerprint density at radius 1 is 0.636 bits per heavy atom. The van der Waals surface area contributed by atoms with Gasteiger partial charge in [0.05, 0.1) is 0 Å². The number of nitrogens with two attached hydrogens (primary N) is 2. The summed E-state index contributed by atoms with van der Waals surface area (Å²) in [7, 11) is 0. The van der Waals surface area contributed by atoms with Crippen LogP contribution in [0.5, 0.6) is 0 Å². The van der Waals surface area contributed by atoms with E-state index in [2.05, 4.69) is 57.5 Å². The topological polar surface area (TPSA) is 353 Å². The van der Waals surface area contributed by atoms with Gasteiger partial charge in [0, 0.05) is 80.9 Å². The molecule has 2 saturated heterocycles. The normalized spacial score (nSPS) is 19.7. The van der Waals surface area contributed by atoms with E-state index in [1.165, 1.54) is 29.3 Å². The summed E-state index contributed by atoms with van der Waals surface area (Å²) in [5.41, 5.74) is 12.5. The molecule has 0 unspecified atom stereocenters. The van der Waals surface area contributed by atoms with Crippen LogP contribution >= 0.6 is 23.5 Å². The number of hydrogen-bond donors (Lipinski definition) is 10. The van der Waals surface area contributed by atoms with Crippen molar-refractivity contribution in [2.24, 2.45) is 11.5 Å². The first-order chi connectivity index (χ1) is 37.2. The number of carboxylic acid groups (broad SMARTS) is 3. The summed E-state index contributed by atoms with van der Waals surface area (Å²) in [5, 5.41) is 41.7. The van der Waals surface area contributed by atoms with Crippen LogP contribution in [0, 0.1) is 0 Å². The van der Waals surface area contributed by atoms with Crippen LogP contribution in [0.1, 0.15) is 87.4 Å². The number of ether oxygens (including phenoxy) is 4. The van der Waals surface area contributed by atoms with Gasteiger partial charge in [-0.1, -0.05) is 25.7 Å². The molecule has 77 heavy (non-hydrogen) atoms. The fraction of sp³-hybridized carbons (Fsp3) is 0.725. The molecule has 26 heteroatoms. The summed E-state index contributed by atoms with van der Waals surface area (Å²) in [6, 6.07) is 9.81. The van der Waals surface area contributed by atoms with Crippen molar-refractivity contribution in [3.8, 4) is 0 Å². The molecule has 0 saturated carbocycles. The second-order valence-electron chi connectivity index (χ2n) is 19.9. The monoisotopic (exact) mass is 1230 g/mol. The Bertz CT molecular complexity index is 1800. The molecule has 5 rings (SSSR count). The molecule has 12 N–H and O–H groups in total. The molecule has 2 fully saturated rings. The zero-order valence-electron chi connectivity index (χ0n) is 45.6. The molecular weight excluding hydrogens is 1140 g/mol. The molecule has 1 aromatic carbocycles. The number of carbonyl (C=O) groups is 6. The van der Waals surface area contributed by atoms with Gasteiger partial charge in [-0.05, 0) is 51.4 Å². The Labute approximate surface area is 467 Å². The standard InChI is InChI=1S/C45H75N10O7S2.3CH2O2.3CH3.Sn/c46-44-51-35-32-63-37(41(35)53-44)16-6-2-10-22-59-24-12-8-18-48-39(56)30-55(21-27-62-29-28-61-26-20-50-43(58)34-14-4-1-5-15-34)31-40(57)49-19-9-13-25-60-23-11-3-7-17-38-42-36(33-64-38)52-45(47)54-42;3*2-1-3;;;;/h1,4,14-15,35-38,41-42H,2-3,6-13,16-33H2,(H,48,56)(H,49,57)(H,50,58)(H3,46,51,53)(H3,47,52,54);3*1H,(H,2,3);3*1H3;/t35-,36-,37-,38-,41-,42-;;;;;;;/m0......./s1. The Hall–Kier alpha value is -4.12. The Morgan fingerprint density at radius 3 is 1.55 bits per heavy atom. The summed E-state index contributed by atoms with van der Waals surface area (Å²) in [4.78, 5) is 78.1. The number of rotatable bonds is 37. The quantitative estimate of drug-likeness (QED) is 0.0168. The van der Waals surface area contributed by atoms with Gasteiger partial charge in [-0.25, -0.2) is 0 Å². The number of guanidine groups is 2. The zero-order valence-corrected chi connectivity index (χ0v) is 50.1. The van der Waals surface area contributed by atoms with Crippen molar-refractivity contribution >= 4 is 94.5 Å². The molecule has 0 aromatic heterocycles. The van der Waals surface area contributed by atoms with Crippen molar-refractivity contribution in [3.05, 3.63) is 29.8 Å². The van der Waals surface area contributed by atoms with E-state index in [1.54, 1.807) is 0 Å². The van der Waals surface area contributed by atoms with E-state index in [9.17, 15) is 14.4 Å². The van der Waals surface area contributed by atoms with E-state index < -0.39 is 37.8 Å². The van der Waals surface area contributed by atoms with Crippen molar-refractivity contribution in [3.63, 3.8) is 0 Å². The minimum absolute atomic E-state index is 0.0848. The number of amides is 3. The Morgan fingerprint density at radius 2 is 1.08 bits per heavy atom. The fourth-order valence-corrected chi connectivity index (χ4v) is 15.5. The average molecular weight is 1230 g/mol. The van der Waals surface area contributed by atoms with Gasteiger partial charge in [0.15, 0.2) is 13.1 Å². The van der Waals surface area contributed by atoms with Gasteiger partial charge in [-0.15, -0.1) is 0 Å². The van der Waals surface area contributed by atoms with E-state index in [-0.39, 0.29) is 30.8 Å². The van der Waals surface area contributed by atoms with Gasteiger partial charge in [-0.3, -0.25) is 41.7 Å². The zero-order chi connectivity index (χ0) is 56.5. The number of unbranched alkanes of at least 4 members (excludes halogenated alkanes) is 6. The third-order valence-electron chi connectivity index (χ3n) is 12.9. The summed E-state index contributed by atoms with van der Waals surface area (Å²) in [6.07, 6.45) is 12.6. The summed E-state index contributed by atoms with van der Waals surface area (Å²) < 4.78 is 24.6. The number of nitrogens with one attached hydrogen (secondary N) is 8.